The second kappa shape index (κ2) is 4.49. The van der Waals surface area contributed by atoms with Crippen molar-refractivity contribution in [1.82, 2.24) is 5.32 Å². The zero-order valence-electron chi connectivity index (χ0n) is 8.05. The van der Waals surface area contributed by atoms with Crippen LogP contribution in [0.1, 0.15) is 22.1 Å². The van der Waals surface area contributed by atoms with Crippen LogP contribution in [0.5, 0.6) is 0 Å². The number of rotatable bonds is 2. The minimum Gasteiger partial charge on any atom is -0.444 e. The summed E-state index contributed by atoms with van der Waals surface area (Å²) < 4.78 is 11.9. The molecule has 0 aromatic carbocycles. The molecule has 0 radical (unpaired) electrons. The molecule has 11 heavy (non-hydrogen) atoms. The lowest BCUT2D eigenvalue weighted by Crippen LogP contribution is -2.33. The average Bonchev–Trinajstić information content (AvgIpc) is 1.79. The van der Waals surface area contributed by atoms with Gasteiger partial charge in [-0.3, -0.25) is 0 Å². The first kappa shape index (κ1) is 8.71. The summed E-state index contributed by atoms with van der Waals surface area (Å²) in [5, 5.41) is 2.41. The molecular weight excluding hydrogens is 162 g/mol. The molecule has 1 unspecified atom stereocenters. The Kier molecular flexibility index (Phi) is 3.56. The third kappa shape index (κ3) is 7.52. The summed E-state index contributed by atoms with van der Waals surface area (Å²) in [7, 11) is 0. The van der Waals surface area contributed by atoms with Gasteiger partial charge in [-0.15, -0.1) is 0 Å². The predicted octanol–water partition coefficient (Wildman–Crippen LogP) is 1.44. The van der Waals surface area contributed by atoms with Crippen molar-refractivity contribution in [3.63, 3.8) is 0 Å². The fourth-order valence-electron chi connectivity index (χ4n) is 0.443. The summed E-state index contributed by atoms with van der Waals surface area (Å²) in [6.07, 6.45) is -0.506. The van der Waals surface area contributed by atoms with Crippen molar-refractivity contribution in [2.45, 2.75) is 26.4 Å². The predicted molar refractivity (Wildman–Crippen MR) is 48.1 cm³/mol. The van der Waals surface area contributed by atoms with E-state index in [2.05, 4.69) is 17.9 Å². The van der Waals surface area contributed by atoms with E-state index in [0.717, 1.165) is 0 Å². The smallest absolute Gasteiger partial charge is 0.407 e. The monoisotopic (exact) mass is 178 g/mol. The minimum atomic E-state index is -0.600. The van der Waals surface area contributed by atoms with Crippen molar-refractivity contribution in [3.05, 3.63) is 0 Å². The zero-order valence-corrected chi connectivity index (χ0v) is 7.94. The Hall–Kier alpha value is -0.380. The van der Waals surface area contributed by atoms with Crippen molar-refractivity contribution in [3.8, 4) is 0 Å². The van der Waals surface area contributed by atoms with E-state index in [1.807, 2.05) is 0 Å². The van der Waals surface area contributed by atoms with Crippen LogP contribution >= 0.6 is 12.6 Å². The van der Waals surface area contributed by atoms with Crippen LogP contribution in [-0.4, -0.2) is 24.0 Å². The highest BCUT2D eigenvalue weighted by atomic mass is 32.1. The third-order valence-corrected chi connectivity index (χ3v) is 0.919. The molecule has 0 aliphatic rings. The van der Waals surface area contributed by atoms with Gasteiger partial charge in [-0.05, 0) is 20.8 Å². The molecule has 3 nitrogen and oxygen atoms in total. The van der Waals surface area contributed by atoms with Gasteiger partial charge in [0.25, 0.3) is 0 Å². The Morgan fingerprint density at radius 1 is 1.73 bits per heavy atom. The van der Waals surface area contributed by atoms with Crippen LogP contribution in [0.4, 0.5) is 4.79 Å². The summed E-state index contributed by atoms with van der Waals surface area (Å²) in [5.74, 6) is 0. The molecule has 4 heteroatoms. The van der Waals surface area contributed by atoms with E-state index in [-0.39, 0.29) is 6.54 Å². The lowest BCUT2D eigenvalue weighted by molar-refractivity contribution is 0.0531. The number of nitrogens with one attached hydrogen (secondary N) is 1. The zero-order chi connectivity index (χ0) is 9.78. The number of carbonyl (C=O) groups is 1. The van der Waals surface area contributed by atoms with Crippen molar-refractivity contribution in [1.29, 1.82) is 0 Å². The van der Waals surface area contributed by atoms with Crippen LogP contribution in [0, 0.1) is 0 Å². The molecule has 1 atom stereocenters. The Bertz CT molecular complexity index is 156. The highest BCUT2D eigenvalue weighted by Crippen LogP contribution is 2.05. The van der Waals surface area contributed by atoms with E-state index in [0.29, 0.717) is 0 Å². The van der Waals surface area contributed by atoms with E-state index in [1.54, 1.807) is 20.8 Å². The van der Waals surface area contributed by atoms with E-state index in [4.69, 9.17) is 6.11 Å². The van der Waals surface area contributed by atoms with Crippen LogP contribution < -0.4 is 5.32 Å². The number of amides is 1. The topological polar surface area (TPSA) is 38.3 Å². The minimum absolute atomic E-state index is 0.192. The summed E-state index contributed by atoms with van der Waals surface area (Å²) in [6.45, 7) is 5.54. The summed E-state index contributed by atoms with van der Waals surface area (Å²) in [4.78, 5) is 10.9. The number of hydrogen-bond acceptors (Lipinski definition) is 3. The normalized spacial score (nSPS) is 15.1. The van der Waals surface area contributed by atoms with Crippen LogP contribution in [0.25, 0.3) is 0 Å². The van der Waals surface area contributed by atoms with Gasteiger partial charge in [-0.1, -0.05) is 0 Å². The van der Waals surface area contributed by atoms with Gasteiger partial charge >= 0.3 is 6.09 Å². The Morgan fingerprint density at radius 3 is 2.64 bits per heavy atom. The number of hydrogen-bond donors (Lipinski definition) is 2. The van der Waals surface area contributed by atoms with Gasteiger partial charge in [0.05, 0.1) is 0 Å². The lowest BCUT2D eigenvalue weighted by atomic mass is 10.2. The molecule has 0 saturated carbocycles. The molecule has 1 amide bonds. The molecule has 0 aromatic rings. The SMILES string of the molecule is [2H]C(S)CNC(=O)OC(C)(C)C. The Morgan fingerprint density at radius 2 is 2.27 bits per heavy atom. The number of carbonyl (C=O) groups excluding carboxylic acids is 1. The van der Waals surface area contributed by atoms with Gasteiger partial charge < -0.3 is 10.1 Å². The molecular formula is C7H15NO2S. The van der Waals surface area contributed by atoms with Gasteiger partial charge in [0.2, 0.25) is 0 Å². The number of ether oxygens (including phenoxy) is 1. The second-order valence-corrected chi connectivity index (χ2v) is 3.43. The third-order valence-electron chi connectivity index (χ3n) is 0.737. The number of thiol groups is 1. The maximum atomic E-state index is 10.9. The van der Waals surface area contributed by atoms with E-state index < -0.39 is 17.4 Å². The summed E-state index contributed by atoms with van der Waals surface area (Å²) in [5.41, 5.74) is -1.09. The summed E-state index contributed by atoms with van der Waals surface area (Å²) in [6, 6.07) is 0. The molecule has 0 spiro atoms. The molecule has 0 heterocycles. The maximum Gasteiger partial charge on any atom is 0.407 e. The standard InChI is InChI=1S/C7H15NO2S/c1-7(2,3)10-6(9)8-4-5-11/h11H,4-5H2,1-3H3,(H,8,9)/i5D. The molecule has 0 fully saturated rings. The van der Waals surface area contributed by atoms with Crippen molar-refractivity contribution >= 4 is 18.7 Å². The van der Waals surface area contributed by atoms with Crippen LogP contribution in [-0.2, 0) is 4.74 Å². The van der Waals surface area contributed by atoms with Gasteiger partial charge in [0.1, 0.15) is 5.60 Å². The fourth-order valence-corrected chi connectivity index (χ4v) is 0.534. The van der Waals surface area contributed by atoms with Gasteiger partial charge in [0.15, 0.2) is 0 Å². The second-order valence-electron chi connectivity index (χ2n) is 3.07. The molecule has 0 saturated heterocycles. The average molecular weight is 178 g/mol. The van der Waals surface area contributed by atoms with E-state index in [9.17, 15) is 4.79 Å². The fraction of sp³-hybridized carbons (Fsp3) is 0.857. The highest BCUT2D eigenvalue weighted by molar-refractivity contribution is 7.80. The molecule has 0 aromatic heterocycles. The molecule has 0 aliphatic carbocycles. The molecule has 0 bridgehead atoms. The number of alkyl carbamates (subject to hydrolysis) is 1. The highest BCUT2D eigenvalue weighted by Gasteiger charge is 2.14. The quantitative estimate of drug-likeness (QED) is 0.628. The van der Waals surface area contributed by atoms with Gasteiger partial charge in [-0.25, -0.2) is 4.79 Å². The molecule has 0 aliphatic heterocycles. The van der Waals surface area contributed by atoms with Crippen molar-refractivity contribution in [2.75, 3.05) is 12.3 Å². The maximum absolute atomic E-state index is 10.9. The Labute approximate surface area is 74.3 Å². The first-order valence-electron chi connectivity index (χ1n) is 3.96. The molecule has 1 N–H and O–H groups in total. The van der Waals surface area contributed by atoms with Gasteiger partial charge in [0, 0.05) is 13.6 Å². The van der Waals surface area contributed by atoms with Crippen LogP contribution in [0.3, 0.4) is 0 Å². The largest absolute Gasteiger partial charge is 0.444 e. The first-order valence-corrected chi connectivity index (χ1v) is 3.90. The summed E-state index contributed by atoms with van der Waals surface area (Å²) >= 11 is 3.78. The van der Waals surface area contributed by atoms with Crippen LogP contribution in [0.2, 0.25) is 0 Å². The Balaban J connectivity index is 3.61. The van der Waals surface area contributed by atoms with E-state index >= 15 is 0 Å². The van der Waals surface area contributed by atoms with Crippen molar-refractivity contribution < 1.29 is 10.9 Å². The van der Waals surface area contributed by atoms with Crippen LogP contribution in [0.15, 0.2) is 0 Å². The van der Waals surface area contributed by atoms with E-state index in [1.165, 1.54) is 0 Å². The van der Waals surface area contributed by atoms with Crippen molar-refractivity contribution in [2.24, 2.45) is 0 Å². The molecule has 0 rings (SSSR count). The lowest BCUT2D eigenvalue weighted by Gasteiger charge is -2.19. The molecule has 66 valence electrons. The van der Waals surface area contributed by atoms with Gasteiger partial charge in [-0.2, -0.15) is 12.6 Å². The first-order chi connectivity index (χ1) is 5.31.